The van der Waals surface area contributed by atoms with E-state index in [9.17, 15) is 13.6 Å². The zero-order chi connectivity index (χ0) is 14.7. The van der Waals surface area contributed by atoms with Crippen molar-refractivity contribution in [3.05, 3.63) is 35.4 Å². The zero-order valence-electron chi connectivity index (χ0n) is 10.9. The summed E-state index contributed by atoms with van der Waals surface area (Å²) in [7, 11) is 0. The molecule has 2 N–H and O–H groups in total. The second-order valence-corrected chi connectivity index (χ2v) is 5.47. The van der Waals surface area contributed by atoms with Gasteiger partial charge in [-0.2, -0.15) is 0 Å². The number of benzene rings is 1. The molecule has 0 spiro atoms. The van der Waals surface area contributed by atoms with Gasteiger partial charge < -0.3 is 10.6 Å². The monoisotopic (exact) mass is 298 g/mol. The molecule has 0 unspecified atom stereocenters. The SMILES string of the molecule is NC(=S)CCN(C(=O)Cc1ccc(F)cc1F)C1CC1. The number of hydrogen-bond donors (Lipinski definition) is 1. The van der Waals surface area contributed by atoms with E-state index in [1.165, 1.54) is 6.07 Å². The maximum atomic E-state index is 13.6. The molecule has 1 aromatic carbocycles. The number of nitrogens with zero attached hydrogens (tertiary/aromatic N) is 1. The summed E-state index contributed by atoms with van der Waals surface area (Å²) < 4.78 is 26.4. The van der Waals surface area contributed by atoms with Crippen LogP contribution in [0.1, 0.15) is 24.8 Å². The van der Waals surface area contributed by atoms with Gasteiger partial charge >= 0.3 is 0 Å². The summed E-state index contributed by atoms with van der Waals surface area (Å²) in [6.07, 6.45) is 2.30. The second kappa shape index (κ2) is 6.26. The minimum atomic E-state index is -0.691. The van der Waals surface area contributed by atoms with Crippen LogP contribution in [0.5, 0.6) is 0 Å². The van der Waals surface area contributed by atoms with Crippen LogP contribution in [0, 0.1) is 11.6 Å². The van der Waals surface area contributed by atoms with Gasteiger partial charge in [-0.3, -0.25) is 4.79 Å². The van der Waals surface area contributed by atoms with Crippen LogP contribution in [-0.4, -0.2) is 28.4 Å². The summed E-state index contributed by atoms with van der Waals surface area (Å²) in [5.74, 6) is -1.51. The molecular weight excluding hydrogens is 282 g/mol. The summed E-state index contributed by atoms with van der Waals surface area (Å²) in [5, 5.41) is 0. The molecule has 0 radical (unpaired) electrons. The molecule has 0 saturated heterocycles. The fraction of sp³-hybridized carbons (Fsp3) is 0.429. The Kier molecular flexibility index (Phi) is 4.65. The van der Waals surface area contributed by atoms with E-state index in [-0.39, 0.29) is 23.9 Å². The lowest BCUT2D eigenvalue weighted by atomic mass is 10.1. The van der Waals surface area contributed by atoms with Crippen molar-refractivity contribution < 1.29 is 13.6 Å². The van der Waals surface area contributed by atoms with Gasteiger partial charge in [-0.15, -0.1) is 0 Å². The van der Waals surface area contributed by atoms with Crippen molar-refractivity contribution in [2.45, 2.75) is 31.7 Å². The molecule has 1 aliphatic rings. The molecule has 108 valence electrons. The first-order valence-electron chi connectivity index (χ1n) is 6.49. The second-order valence-electron chi connectivity index (χ2n) is 4.95. The number of carbonyl (C=O) groups excluding carboxylic acids is 1. The van der Waals surface area contributed by atoms with Gasteiger partial charge in [-0.05, 0) is 24.5 Å². The number of amides is 1. The molecule has 1 fully saturated rings. The fourth-order valence-corrected chi connectivity index (χ4v) is 2.15. The number of nitrogens with two attached hydrogens (primary N) is 1. The normalized spacial score (nSPS) is 14.1. The molecule has 20 heavy (non-hydrogen) atoms. The van der Waals surface area contributed by atoms with E-state index in [0.717, 1.165) is 25.0 Å². The first-order valence-corrected chi connectivity index (χ1v) is 6.90. The Hall–Kier alpha value is -1.56. The average molecular weight is 298 g/mol. The fourth-order valence-electron chi connectivity index (χ4n) is 2.06. The predicted molar refractivity (Wildman–Crippen MR) is 76.2 cm³/mol. The van der Waals surface area contributed by atoms with Gasteiger partial charge in [-0.1, -0.05) is 18.3 Å². The number of rotatable bonds is 6. The largest absolute Gasteiger partial charge is 0.393 e. The molecule has 1 saturated carbocycles. The third-order valence-electron chi connectivity index (χ3n) is 3.26. The van der Waals surface area contributed by atoms with Crippen LogP contribution in [0.2, 0.25) is 0 Å². The lowest BCUT2D eigenvalue weighted by Crippen LogP contribution is -2.36. The smallest absolute Gasteiger partial charge is 0.227 e. The Bertz CT molecular complexity index is 532. The molecule has 0 bridgehead atoms. The van der Waals surface area contributed by atoms with E-state index in [0.29, 0.717) is 18.0 Å². The maximum Gasteiger partial charge on any atom is 0.227 e. The lowest BCUT2D eigenvalue weighted by Gasteiger charge is -2.22. The minimum absolute atomic E-state index is 0.0695. The molecule has 2 rings (SSSR count). The van der Waals surface area contributed by atoms with Crippen molar-refractivity contribution >= 4 is 23.1 Å². The highest BCUT2D eigenvalue weighted by Crippen LogP contribution is 2.27. The van der Waals surface area contributed by atoms with Crippen LogP contribution >= 0.6 is 12.2 Å². The van der Waals surface area contributed by atoms with E-state index in [1.807, 2.05) is 0 Å². The predicted octanol–water partition coefficient (Wildman–Crippen LogP) is 2.17. The Morgan fingerprint density at radius 3 is 2.65 bits per heavy atom. The van der Waals surface area contributed by atoms with E-state index in [4.69, 9.17) is 18.0 Å². The Morgan fingerprint density at radius 1 is 1.40 bits per heavy atom. The van der Waals surface area contributed by atoms with Crippen molar-refractivity contribution in [3.8, 4) is 0 Å². The van der Waals surface area contributed by atoms with Crippen LogP contribution in [-0.2, 0) is 11.2 Å². The Morgan fingerprint density at radius 2 is 2.10 bits per heavy atom. The van der Waals surface area contributed by atoms with Crippen molar-refractivity contribution in [1.29, 1.82) is 0 Å². The van der Waals surface area contributed by atoms with Crippen LogP contribution in [0.4, 0.5) is 8.78 Å². The van der Waals surface area contributed by atoms with Crippen LogP contribution in [0.15, 0.2) is 18.2 Å². The third kappa shape index (κ3) is 3.96. The highest BCUT2D eigenvalue weighted by molar-refractivity contribution is 7.80. The summed E-state index contributed by atoms with van der Waals surface area (Å²) in [6.45, 7) is 0.460. The number of carbonyl (C=O) groups is 1. The highest BCUT2D eigenvalue weighted by atomic mass is 32.1. The first kappa shape index (κ1) is 14.8. The molecule has 0 aromatic heterocycles. The van der Waals surface area contributed by atoms with E-state index < -0.39 is 11.6 Å². The van der Waals surface area contributed by atoms with Gasteiger partial charge in [-0.25, -0.2) is 8.78 Å². The van der Waals surface area contributed by atoms with E-state index in [1.54, 1.807) is 4.90 Å². The van der Waals surface area contributed by atoms with Gasteiger partial charge in [0.15, 0.2) is 0 Å². The molecule has 0 atom stereocenters. The van der Waals surface area contributed by atoms with E-state index >= 15 is 0 Å². The van der Waals surface area contributed by atoms with Crippen molar-refractivity contribution in [1.82, 2.24) is 4.90 Å². The molecule has 1 aromatic rings. The molecule has 1 aliphatic carbocycles. The zero-order valence-corrected chi connectivity index (χ0v) is 11.8. The molecular formula is C14H16F2N2OS. The first-order chi connectivity index (χ1) is 9.47. The average Bonchev–Trinajstić information content (AvgIpc) is 3.17. The van der Waals surface area contributed by atoms with Crippen LogP contribution < -0.4 is 5.73 Å². The van der Waals surface area contributed by atoms with Gasteiger partial charge in [0, 0.05) is 25.1 Å². The molecule has 0 heterocycles. The molecule has 3 nitrogen and oxygen atoms in total. The van der Waals surface area contributed by atoms with Gasteiger partial charge in [0.2, 0.25) is 5.91 Å². The third-order valence-corrected chi connectivity index (χ3v) is 3.47. The number of hydrogen-bond acceptors (Lipinski definition) is 2. The summed E-state index contributed by atoms with van der Waals surface area (Å²) in [4.78, 5) is 14.3. The van der Waals surface area contributed by atoms with Crippen molar-refractivity contribution in [2.75, 3.05) is 6.54 Å². The van der Waals surface area contributed by atoms with Gasteiger partial charge in [0.25, 0.3) is 0 Å². The van der Waals surface area contributed by atoms with Crippen molar-refractivity contribution in [3.63, 3.8) is 0 Å². The lowest BCUT2D eigenvalue weighted by molar-refractivity contribution is -0.131. The van der Waals surface area contributed by atoms with Gasteiger partial charge in [0.05, 0.1) is 11.4 Å². The molecule has 0 aliphatic heterocycles. The summed E-state index contributed by atoms with van der Waals surface area (Å²) in [6, 6.07) is 3.46. The van der Waals surface area contributed by atoms with Crippen LogP contribution in [0.3, 0.4) is 0 Å². The topological polar surface area (TPSA) is 46.3 Å². The van der Waals surface area contributed by atoms with Crippen molar-refractivity contribution in [2.24, 2.45) is 5.73 Å². The highest BCUT2D eigenvalue weighted by Gasteiger charge is 2.32. The maximum absolute atomic E-state index is 13.6. The molecule has 1 amide bonds. The summed E-state index contributed by atoms with van der Waals surface area (Å²) >= 11 is 4.81. The Balaban J connectivity index is 2.02. The number of thiocarbonyl (C=S) groups is 1. The summed E-state index contributed by atoms with van der Waals surface area (Å²) in [5.41, 5.74) is 5.65. The standard InChI is InChI=1S/C14H16F2N2OS/c15-10-2-1-9(12(16)8-10)7-14(19)18(11-3-4-11)6-5-13(17)20/h1-2,8,11H,3-7H2,(H2,17,20). The Labute approximate surface area is 121 Å². The van der Waals surface area contributed by atoms with E-state index in [2.05, 4.69) is 0 Å². The van der Waals surface area contributed by atoms with Crippen LogP contribution in [0.25, 0.3) is 0 Å². The minimum Gasteiger partial charge on any atom is -0.393 e. The molecule has 6 heteroatoms. The quantitative estimate of drug-likeness (QED) is 0.819. The number of halogens is 2. The van der Waals surface area contributed by atoms with Gasteiger partial charge in [0.1, 0.15) is 11.6 Å².